The van der Waals surface area contributed by atoms with E-state index < -0.39 is 0 Å². The summed E-state index contributed by atoms with van der Waals surface area (Å²) in [7, 11) is 0. The number of imidazole rings is 1. The largest absolute Gasteiger partial charge is 0.339 e. The molecule has 1 aliphatic heterocycles. The second-order valence-corrected chi connectivity index (χ2v) is 7.11. The number of piperazine rings is 1. The third-order valence-corrected chi connectivity index (χ3v) is 5.26. The van der Waals surface area contributed by atoms with Gasteiger partial charge in [0.2, 0.25) is 5.91 Å². The first kappa shape index (κ1) is 18.4. The first-order valence-electron chi connectivity index (χ1n) is 9.81. The second-order valence-electron chi connectivity index (χ2n) is 7.11. The van der Waals surface area contributed by atoms with Crippen LogP contribution in [0.3, 0.4) is 0 Å². The Labute approximate surface area is 163 Å². The fourth-order valence-corrected chi connectivity index (χ4v) is 3.82. The number of hydrogen-bond acceptors (Lipinski definition) is 4. The molecule has 1 aliphatic rings. The van der Waals surface area contributed by atoms with Crippen molar-refractivity contribution in [1.29, 1.82) is 0 Å². The summed E-state index contributed by atoms with van der Waals surface area (Å²) >= 11 is 0. The van der Waals surface area contributed by atoms with E-state index in [9.17, 15) is 9.59 Å². The number of fused-ring (bicyclic) bond motifs is 1. The standard InChI is InChI=1S/C21H25N5O2/c1-2-11-23-12-14-24(15-13-23)19(27)16-25-18-9-6-10-22-20(18)26(21(25)28)17-7-4-3-5-8-17/h3-10H,2,11-16H2,1H3. The number of carbonyl (C=O) groups is 1. The van der Waals surface area contributed by atoms with Crippen molar-refractivity contribution in [3.05, 3.63) is 59.1 Å². The molecule has 146 valence electrons. The zero-order chi connectivity index (χ0) is 19.5. The molecule has 3 aromatic rings. The Morgan fingerprint density at radius 3 is 2.50 bits per heavy atom. The average Bonchev–Trinajstić information content (AvgIpc) is 3.01. The van der Waals surface area contributed by atoms with Crippen LogP contribution in [0.15, 0.2) is 53.5 Å². The number of para-hydroxylation sites is 1. The summed E-state index contributed by atoms with van der Waals surface area (Å²) in [5.41, 5.74) is 1.75. The Hall–Kier alpha value is -2.93. The summed E-state index contributed by atoms with van der Waals surface area (Å²) in [5, 5.41) is 0. The monoisotopic (exact) mass is 379 g/mol. The Morgan fingerprint density at radius 1 is 1.04 bits per heavy atom. The highest BCUT2D eigenvalue weighted by molar-refractivity contribution is 5.80. The lowest BCUT2D eigenvalue weighted by molar-refractivity contribution is -0.133. The van der Waals surface area contributed by atoms with E-state index in [-0.39, 0.29) is 18.1 Å². The summed E-state index contributed by atoms with van der Waals surface area (Å²) in [6.45, 7) is 6.47. The highest BCUT2D eigenvalue weighted by atomic mass is 16.2. The molecule has 28 heavy (non-hydrogen) atoms. The molecule has 0 spiro atoms. The Kier molecular flexibility index (Phi) is 5.25. The average molecular weight is 379 g/mol. The predicted molar refractivity (Wildman–Crippen MR) is 109 cm³/mol. The molecule has 0 atom stereocenters. The Morgan fingerprint density at radius 2 is 1.79 bits per heavy atom. The van der Waals surface area contributed by atoms with Gasteiger partial charge in [0, 0.05) is 32.4 Å². The van der Waals surface area contributed by atoms with Gasteiger partial charge < -0.3 is 4.90 Å². The van der Waals surface area contributed by atoms with E-state index in [1.807, 2.05) is 41.3 Å². The number of rotatable bonds is 5. The molecule has 7 heteroatoms. The Bertz CT molecular complexity index is 1020. The van der Waals surface area contributed by atoms with Crippen molar-refractivity contribution in [1.82, 2.24) is 23.9 Å². The van der Waals surface area contributed by atoms with Crippen molar-refractivity contribution in [2.45, 2.75) is 19.9 Å². The molecule has 1 amide bonds. The van der Waals surface area contributed by atoms with Crippen LogP contribution in [0.2, 0.25) is 0 Å². The normalized spacial score (nSPS) is 15.2. The van der Waals surface area contributed by atoms with Gasteiger partial charge >= 0.3 is 5.69 Å². The summed E-state index contributed by atoms with van der Waals surface area (Å²) in [6, 6.07) is 13.0. The maximum atomic E-state index is 13.2. The molecule has 1 fully saturated rings. The third-order valence-electron chi connectivity index (χ3n) is 5.26. The molecule has 0 N–H and O–H groups in total. The first-order chi connectivity index (χ1) is 13.7. The van der Waals surface area contributed by atoms with E-state index in [0.29, 0.717) is 24.3 Å². The molecule has 4 rings (SSSR count). The van der Waals surface area contributed by atoms with Crippen LogP contribution in [-0.2, 0) is 11.3 Å². The van der Waals surface area contributed by atoms with Crippen LogP contribution in [0.1, 0.15) is 13.3 Å². The van der Waals surface area contributed by atoms with Crippen molar-refractivity contribution in [3.8, 4) is 5.69 Å². The van der Waals surface area contributed by atoms with Crippen LogP contribution >= 0.6 is 0 Å². The highest BCUT2D eigenvalue weighted by Crippen LogP contribution is 2.15. The zero-order valence-corrected chi connectivity index (χ0v) is 16.1. The second kappa shape index (κ2) is 7.98. The van der Waals surface area contributed by atoms with E-state index in [1.165, 1.54) is 4.57 Å². The molecule has 2 aromatic heterocycles. The number of hydrogen-bond donors (Lipinski definition) is 0. The molecule has 3 heterocycles. The SMILES string of the molecule is CCCN1CCN(C(=O)Cn2c(=O)n(-c3ccccc3)c3ncccc32)CC1. The van der Waals surface area contributed by atoms with Crippen molar-refractivity contribution in [2.24, 2.45) is 0 Å². The number of benzene rings is 1. The molecule has 0 radical (unpaired) electrons. The molecular formula is C21H25N5O2. The van der Waals surface area contributed by atoms with E-state index >= 15 is 0 Å². The van der Waals surface area contributed by atoms with Crippen LogP contribution in [-0.4, -0.2) is 62.5 Å². The lowest BCUT2D eigenvalue weighted by atomic mass is 10.3. The van der Waals surface area contributed by atoms with E-state index in [4.69, 9.17) is 0 Å². The third kappa shape index (κ3) is 3.45. The molecule has 1 saturated heterocycles. The van der Waals surface area contributed by atoms with Crippen molar-refractivity contribution in [2.75, 3.05) is 32.7 Å². The fraction of sp³-hybridized carbons (Fsp3) is 0.381. The lowest BCUT2D eigenvalue weighted by Crippen LogP contribution is -2.50. The van der Waals surface area contributed by atoms with E-state index in [0.717, 1.165) is 31.7 Å². The first-order valence-corrected chi connectivity index (χ1v) is 9.81. The van der Waals surface area contributed by atoms with Gasteiger partial charge in [0.1, 0.15) is 6.54 Å². The quantitative estimate of drug-likeness (QED) is 0.677. The van der Waals surface area contributed by atoms with Crippen molar-refractivity contribution < 1.29 is 4.79 Å². The molecule has 1 aromatic carbocycles. The number of pyridine rings is 1. The summed E-state index contributed by atoms with van der Waals surface area (Å²) < 4.78 is 3.11. The van der Waals surface area contributed by atoms with Crippen LogP contribution in [0, 0.1) is 0 Å². The topological polar surface area (TPSA) is 63.4 Å². The molecule has 0 saturated carbocycles. The van der Waals surface area contributed by atoms with Crippen LogP contribution in [0.4, 0.5) is 0 Å². The predicted octanol–water partition coefficient (Wildman–Crippen LogP) is 1.74. The minimum Gasteiger partial charge on any atom is -0.339 e. The summed E-state index contributed by atoms with van der Waals surface area (Å²) in [5.74, 6) is -0.0192. The number of carbonyl (C=O) groups excluding carboxylic acids is 1. The minimum absolute atomic E-state index is 0.0192. The molecule has 0 bridgehead atoms. The van der Waals surface area contributed by atoms with E-state index in [1.54, 1.807) is 16.8 Å². The van der Waals surface area contributed by atoms with Gasteiger partial charge in [0.25, 0.3) is 0 Å². The van der Waals surface area contributed by atoms with Crippen LogP contribution in [0.5, 0.6) is 0 Å². The smallest absolute Gasteiger partial charge is 0.335 e. The number of amides is 1. The zero-order valence-electron chi connectivity index (χ0n) is 16.1. The van der Waals surface area contributed by atoms with Crippen molar-refractivity contribution >= 4 is 17.1 Å². The van der Waals surface area contributed by atoms with Gasteiger partial charge in [-0.3, -0.25) is 14.3 Å². The summed E-state index contributed by atoms with van der Waals surface area (Å²) in [6.07, 6.45) is 2.79. The van der Waals surface area contributed by atoms with Gasteiger partial charge in [0.05, 0.1) is 11.2 Å². The maximum absolute atomic E-state index is 13.2. The van der Waals surface area contributed by atoms with E-state index in [2.05, 4.69) is 16.8 Å². The molecule has 0 unspecified atom stereocenters. The summed E-state index contributed by atoms with van der Waals surface area (Å²) in [4.78, 5) is 34.7. The van der Waals surface area contributed by atoms with Crippen molar-refractivity contribution in [3.63, 3.8) is 0 Å². The molecule has 7 nitrogen and oxygen atoms in total. The molecule has 0 aliphatic carbocycles. The lowest BCUT2D eigenvalue weighted by Gasteiger charge is -2.34. The van der Waals surface area contributed by atoms with Crippen LogP contribution in [0.25, 0.3) is 16.9 Å². The van der Waals surface area contributed by atoms with Crippen LogP contribution < -0.4 is 5.69 Å². The maximum Gasteiger partial charge on any atom is 0.335 e. The van der Waals surface area contributed by atoms with Gasteiger partial charge in [-0.15, -0.1) is 0 Å². The number of nitrogens with zero attached hydrogens (tertiary/aromatic N) is 5. The van der Waals surface area contributed by atoms with Gasteiger partial charge in [-0.2, -0.15) is 0 Å². The van der Waals surface area contributed by atoms with Gasteiger partial charge in [0.15, 0.2) is 5.65 Å². The minimum atomic E-state index is -0.238. The van der Waals surface area contributed by atoms with Gasteiger partial charge in [-0.05, 0) is 37.2 Å². The highest BCUT2D eigenvalue weighted by Gasteiger charge is 2.23. The van der Waals surface area contributed by atoms with Gasteiger partial charge in [-0.25, -0.2) is 14.3 Å². The van der Waals surface area contributed by atoms with Gasteiger partial charge in [-0.1, -0.05) is 25.1 Å². The Balaban J connectivity index is 1.62. The molecular weight excluding hydrogens is 354 g/mol. The number of aromatic nitrogens is 3. The fourth-order valence-electron chi connectivity index (χ4n) is 3.82.